The van der Waals surface area contributed by atoms with Gasteiger partial charge in [0.15, 0.2) is 5.92 Å². The number of anilines is 2. The highest BCUT2D eigenvalue weighted by Gasteiger charge is 2.40. The molecule has 1 atom stereocenters. The van der Waals surface area contributed by atoms with Crippen LogP contribution >= 0.6 is 11.6 Å². The lowest BCUT2D eigenvalue weighted by Crippen LogP contribution is -2.58. The van der Waals surface area contributed by atoms with Crippen molar-refractivity contribution in [1.29, 1.82) is 0 Å². The monoisotopic (exact) mass is 517 g/mol. The second-order valence-electron chi connectivity index (χ2n) is 7.93. The lowest BCUT2D eigenvalue weighted by molar-refractivity contribution is -0.131. The van der Waals surface area contributed by atoms with E-state index in [9.17, 15) is 24.0 Å². The van der Waals surface area contributed by atoms with Crippen LogP contribution in [-0.4, -0.2) is 35.9 Å². The Labute approximate surface area is 216 Å². The Balaban J connectivity index is 1.35. The van der Waals surface area contributed by atoms with Gasteiger partial charge in [0.1, 0.15) is 0 Å². The molecule has 0 radical (unpaired) electrons. The van der Waals surface area contributed by atoms with Gasteiger partial charge in [0.2, 0.25) is 11.8 Å². The molecule has 37 heavy (non-hydrogen) atoms. The molecule has 6 amide bonds. The van der Waals surface area contributed by atoms with Crippen LogP contribution in [0, 0.1) is 5.92 Å². The van der Waals surface area contributed by atoms with Crippen molar-refractivity contribution in [3.63, 3.8) is 0 Å². The van der Waals surface area contributed by atoms with Crippen LogP contribution in [0.5, 0.6) is 0 Å². The third kappa shape index (κ3) is 6.24. The van der Waals surface area contributed by atoms with E-state index < -0.39 is 29.7 Å². The van der Waals surface area contributed by atoms with Crippen molar-refractivity contribution in [3.8, 4) is 0 Å². The van der Waals surface area contributed by atoms with Gasteiger partial charge in [-0.1, -0.05) is 41.9 Å². The number of rotatable bonds is 7. The number of nitrogens with one attached hydrogen (secondary N) is 3. The number of hydrogen-bond acceptors (Lipinski definition) is 6. The number of hydrazone groups is 1. The van der Waals surface area contributed by atoms with Crippen LogP contribution in [-0.2, 0) is 20.8 Å². The average molecular weight is 518 g/mol. The SMILES string of the molecule is O=C(Cc1ccccc1)Nc1ccc(C(=O)N/N=C\[C@H]2C(=O)NC(=O)N(c3ccc(Cl)cc3)C2=O)cc1. The third-order valence-electron chi connectivity index (χ3n) is 5.32. The molecule has 0 aromatic heterocycles. The summed E-state index contributed by atoms with van der Waals surface area (Å²) in [6, 6.07) is 20.4. The van der Waals surface area contributed by atoms with E-state index in [4.69, 9.17) is 11.6 Å². The molecule has 3 aromatic carbocycles. The van der Waals surface area contributed by atoms with Gasteiger partial charge in [0.25, 0.3) is 11.8 Å². The summed E-state index contributed by atoms with van der Waals surface area (Å²) in [6.07, 6.45) is 1.16. The number of amides is 6. The summed E-state index contributed by atoms with van der Waals surface area (Å²) in [5.74, 6) is -3.93. The van der Waals surface area contributed by atoms with Crippen LogP contribution in [0.2, 0.25) is 5.02 Å². The van der Waals surface area contributed by atoms with Gasteiger partial charge in [-0.15, -0.1) is 0 Å². The van der Waals surface area contributed by atoms with Crippen molar-refractivity contribution < 1.29 is 24.0 Å². The molecule has 1 heterocycles. The topological polar surface area (TPSA) is 137 Å². The summed E-state index contributed by atoms with van der Waals surface area (Å²) in [4.78, 5) is 62.6. The molecule has 1 fully saturated rings. The summed E-state index contributed by atoms with van der Waals surface area (Å²) < 4.78 is 0. The quantitative estimate of drug-likeness (QED) is 0.251. The Hall–Kier alpha value is -4.83. The predicted molar refractivity (Wildman–Crippen MR) is 137 cm³/mol. The fourth-order valence-electron chi connectivity index (χ4n) is 3.48. The molecule has 0 aliphatic carbocycles. The molecule has 186 valence electrons. The van der Waals surface area contributed by atoms with Crippen LogP contribution in [0.3, 0.4) is 0 Å². The van der Waals surface area contributed by atoms with Crippen molar-refractivity contribution in [1.82, 2.24) is 10.7 Å². The second kappa shape index (κ2) is 11.3. The first-order chi connectivity index (χ1) is 17.8. The highest BCUT2D eigenvalue weighted by atomic mass is 35.5. The smallest absolute Gasteiger partial charge is 0.326 e. The minimum absolute atomic E-state index is 0.199. The van der Waals surface area contributed by atoms with Gasteiger partial charge in [-0.3, -0.25) is 24.5 Å². The lowest BCUT2D eigenvalue weighted by Gasteiger charge is -2.28. The fourth-order valence-corrected chi connectivity index (χ4v) is 3.61. The van der Waals surface area contributed by atoms with E-state index >= 15 is 0 Å². The third-order valence-corrected chi connectivity index (χ3v) is 5.57. The number of hydrogen-bond donors (Lipinski definition) is 3. The molecule has 3 N–H and O–H groups in total. The molecule has 0 bridgehead atoms. The Morgan fingerprint density at radius 3 is 2.30 bits per heavy atom. The number of urea groups is 1. The minimum atomic E-state index is -1.43. The standard InChI is InChI=1S/C26H20ClN5O5/c27-18-8-12-20(13-9-18)32-25(36)21(24(35)30-26(32)37)15-28-31-23(34)17-6-10-19(11-7-17)29-22(33)14-16-4-2-1-3-5-16/h1-13,15,21H,14H2,(H,29,33)(H,31,34)(H,30,35,37)/b28-15-/t21-/m0/s1. The van der Waals surface area contributed by atoms with Crippen LogP contribution in [0.25, 0.3) is 0 Å². The Kier molecular flexibility index (Phi) is 7.70. The van der Waals surface area contributed by atoms with Gasteiger partial charge >= 0.3 is 6.03 Å². The van der Waals surface area contributed by atoms with Gasteiger partial charge in [-0.2, -0.15) is 5.10 Å². The van der Waals surface area contributed by atoms with Crippen LogP contribution < -0.4 is 21.0 Å². The maximum atomic E-state index is 12.8. The Bertz CT molecular complexity index is 1370. The van der Waals surface area contributed by atoms with Crippen molar-refractivity contribution in [3.05, 3.63) is 95.0 Å². The van der Waals surface area contributed by atoms with Crippen molar-refractivity contribution in [2.45, 2.75) is 6.42 Å². The number of carbonyl (C=O) groups excluding carboxylic acids is 5. The van der Waals surface area contributed by atoms with Crippen LogP contribution in [0.15, 0.2) is 84.0 Å². The molecule has 0 unspecified atom stereocenters. The minimum Gasteiger partial charge on any atom is -0.326 e. The van der Waals surface area contributed by atoms with E-state index in [0.29, 0.717) is 10.7 Å². The second-order valence-corrected chi connectivity index (χ2v) is 8.37. The number of benzene rings is 3. The number of barbiturate groups is 1. The molecular weight excluding hydrogens is 498 g/mol. The molecule has 10 nitrogen and oxygen atoms in total. The zero-order valence-corrected chi connectivity index (χ0v) is 19.9. The summed E-state index contributed by atoms with van der Waals surface area (Å²) in [5, 5.41) is 8.97. The highest BCUT2D eigenvalue weighted by Crippen LogP contribution is 2.22. The van der Waals surface area contributed by atoms with Gasteiger partial charge in [0, 0.05) is 22.5 Å². The number of imide groups is 2. The summed E-state index contributed by atoms with van der Waals surface area (Å²) in [5.41, 5.74) is 4.08. The van der Waals surface area contributed by atoms with Gasteiger partial charge in [0.05, 0.1) is 12.1 Å². The highest BCUT2D eigenvalue weighted by molar-refractivity contribution is 6.33. The first-order valence-electron chi connectivity index (χ1n) is 11.0. The van der Waals surface area contributed by atoms with Crippen molar-refractivity contribution >= 4 is 58.9 Å². The van der Waals surface area contributed by atoms with Crippen molar-refractivity contribution in [2.75, 3.05) is 10.2 Å². The van der Waals surface area contributed by atoms with E-state index in [-0.39, 0.29) is 23.6 Å². The van der Waals surface area contributed by atoms with Crippen molar-refractivity contribution in [2.24, 2.45) is 11.0 Å². The van der Waals surface area contributed by atoms with E-state index in [2.05, 4.69) is 21.2 Å². The number of halogens is 1. The largest absolute Gasteiger partial charge is 0.335 e. The molecule has 1 aliphatic heterocycles. The van der Waals surface area contributed by atoms with Gasteiger partial charge in [-0.05, 0) is 54.1 Å². The van der Waals surface area contributed by atoms with E-state index in [1.807, 2.05) is 30.3 Å². The lowest BCUT2D eigenvalue weighted by atomic mass is 10.1. The number of carbonyl (C=O) groups is 5. The van der Waals surface area contributed by atoms with Gasteiger partial charge < -0.3 is 5.32 Å². The van der Waals surface area contributed by atoms with Gasteiger partial charge in [-0.25, -0.2) is 15.1 Å². The predicted octanol–water partition coefficient (Wildman–Crippen LogP) is 3.14. The van der Waals surface area contributed by atoms with E-state index in [1.165, 1.54) is 36.4 Å². The first kappa shape index (κ1) is 25.3. The maximum absolute atomic E-state index is 12.8. The molecule has 11 heteroatoms. The van der Waals surface area contributed by atoms with E-state index in [1.54, 1.807) is 12.1 Å². The maximum Gasteiger partial charge on any atom is 0.335 e. The summed E-state index contributed by atoms with van der Waals surface area (Å²) in [6.45, 7) is 0. The van der Waals surface area contributed by atoms with Crippen LogP contribution in [0.4, 0.5) is 16.2 Å². The zero-order chi connectivity index (χ0) is 26.4. The molecule has 1 saturated heterocycles. The molecule has 0 spiro atoms. The summed E-state index contributed by atoms with van der Waals surface area (Å²) >= 11 is 5.85. The number of nitrogens with zero attached hydrogens (tertiary/aromatic N) is 2. The zero-order valence-electron chi connectivity index (χ0n) is 19.2. The fraction of sp³-hybridized carbons (Fsp3) is 0.0769. The Morgan fingerprint density at radius 1 is 0.946 bits per heavy atom. The molecule has 1 aliphatic rings. The van der Waals surface area contributed by atoms with E-state index in [0.717, 1.165) is 16.7 Å². The van der Waals surface area contributed by atoms with Crippen LogP contribution in [0.1, 0.15) is 15.9 Å². The molecule has 0 saturated carbocycles. The first-order valence-corrected chi connectivity index (χ1v) is 11.4. The summed E-state index contributed by atoms with van der Waals surface area (Å²) in [7, 11) is 0. The normalized spacial score (nSPS) is 15.4. The Morgan fingerprint density at radius 2 is 1.62 bits per heavy atom. The molecule has 3 aromatic rings. The molecule has 4 rings (SSSR count). The average Bonchev–Trinajstić information content (AvgIpc) is 2.88. The molecular formula is C26H20ClN5O5.